The Kier molecular flexibility index (Phi) is 2.29. The summed E-state index contributed by atoms with van der Waals surface area (Å²) in [5.41, 5.74) is 0.726. The maximum absolute atomic E-state index is 4.92. The van der Waals surface area contributed by atoms with Gasteiger partial charge in [-0.05, 0) is 6.08 Å². The van der Waals surface area contributed by atoms with E-state index in [-0.39, 0.29) is 0 Å². The van der Waals surface area contributed by atoms with Gasteiger partial charge in [0.1, 0.15) is 0 Å². The van der Waals surface area contributed by atoms with Gasteiger partial charge in [-0.25, -0.2) is 4.99 Å². The average Bonchev–Trinajstić information content (AvgIpc) is 2.17. The molecule has 0 fully saturated rings. The van der Waals surface area contributed by atoms with Crippen LogP contribution in [0.3, 0.4) is 0 Å². The van der Waals surface area contributed by atoms with E-state index < -0.39 is 0 Å². The molecule has 1 rings (SSSR count). The zero-order valence-corrected chi connectivity index (χ0v) is 5.41. The van der Waals surface area contributed by atoms with Gasteiger partial charge in [0.25, 0.3) is 0 Å². The summed E-state index contributed by atoms with van der Waals surface area (Å²) in [5.74, 6) is 7.58. The second-order valence-electron chi connectivity index (χ2n) is 1.70. The van der Waals surface area contributed by atoms with Crippen LogP contribution >= 0.6 is 0 Å². The van der Waals surface area contributed by atoms with Crippen molar-refractivity contribution in [1.29, 1.82) is 0 Å². The summed E-state index contributed by atoms with van der Waals surface area (Å²) in [4.78, 5) is 3.88. The zero-order chi connectivity index (χ0) is 7.23. The molecule has 4 heteroatoms. The fourth-order valence-electron chi connectivity index (χ4n) is 0.578. The number of nitrogens with zero attached hydrogens (tertiary/aromatic N) is 2. The van der Waals surface area contributed by atoms with E-state index >= 15 is 0 Å². The molecule has 0 aromatic rings. The van der Waals surface area contributed by atoms with Crippen LogP contribution in [0.5, 0.6) is 0 Å². The summed E-state index contributed by atoms with van der Waals surface area (Å²) in [6.07, 6.45) is 4.99. The first kappa shape index (κ1) is 6.58. The third-order valence-electron chi connectivity index (χ3n) is 0.996. The minimum absolute atomic E-state index is 0.726. The number of hydrogen-bond acceptors (Lipinski definition) is 4. The van der Waals surface area contributed by atoms with Crippen molar-refractivity contribution in [3.8, 4) is 0 Å². The number of aliphatic imine (C=N–C) groups is 1. The topological polar surface area (TPSA) is 62.8 Å². The minimum atomic E-state index is 0.726. The maximum Gasteiger partial charge on any atom is 0.0908 e. The second-order valence-corrected chi connectivity index (χ2v) is 1.70. The number of hydrazone groups is 1. The van der Waals surface area contributed by atoms with Crippen LogP contribution in [0.25, 0.3) is 0 Å². The van der Waals surface area contributed by atoms with Crippen LogP contribution in [0.1, 0.15) is 0 Å². The Morgan fingerprint density at radius 1 is 1.90 bits per heavy atom. The first-order valence-corrected chi connectivity index (χ1v) is 2.88. The molecule has 3 N–H and O–H groups in total. The van der Waals surface area contributed by atoms with Crippen molar-refractivity contribution in [2.24, 2.45) is 15.9 Å². The van der Waals surface area contributed by atoms with E-state index in [1.165, 1.54) is 6.21 Å². The molecule has 0 atom stereocenters. The van der Waals surface area contributed by atoms with Gasteiger partial charge in [-0.2, -0.15) is 5.10 Å². The van der Waals surface area contributed by atoms with Gasteiger partial charge in [-0.15, -0.1) is 0 Å². The van der Waals surface area contributed by atoms with E-state index in [2.05, 4.69) is 21.3 Å². The molecule has 0 radical (unpaired) electrons. The molecule has 52 valence electrons. The van der Waals surface area contributed by atoms with Crippen molar-refractivity contribution in [3.05, 3.63) is 18.0 Å². The lowest BCUT2D eigenvalue weighted by molar-refractivity contribution is 0.996. The summed E-state index contributed by atoms with van der Waals surface area (Å²) in [6.45, 7) is 0.734. The van der Waals surface area contributed by atoms with Crippen molar-refractivity contribution in [2.45, 2.75) is 0 Å². The van der Waals surface area contributed by atoms with Gasteiger partial charge >= 0.3 is 0 Å². The molecule has 0 saturated heterocycles. The van der Waals surface area contributed by atoms with Gasteiger partial charge in [0.05, 0.1) is 18.1 Å². The monoisotopic (exact) mass is 136 g/mol. The SMILES string of the molecule is N/N=C/C1=CCNC=C=N1. The zero-order valence-electron chi connectivity index (χ0n) is 5.41. The summed E-state index contributed by atoms with van der Waals surface area (Å²) < 4.78 is 0. The van der Waals surface area contributed by atoms with Crippen molar-refractivity contribution in [1.82, 2.24) is 5.32 Å². The van der Waals surface area contributed by atoms with Gasteiger partial charge in [-0.1, -0.05) is 0 Å². The minimum Gasteiger partial charge on any atom is -0.380 e. The lowest BCUT2D eigenvalue weighted by Crippen LogP contribution is -2.02. The molecule has 0 unspecified atom stereocenters. The smallest absolute Gasteiger partial charge is 0.0908 e. The van der Waals surface area contributed by atoms with Crippen molar-refractivity contribution >= 4 is 12.1 Å². The van der Waals surface area contributed by atoms with Crippen molar-refractivity contribution in [2.75, 3.05) is 6.54 Å². The lowest BCUT2D eigenvalue weighted by Gasteiger charge is -1.88. The van der Waals surface area contributed by atoms with Gasteiger partial charge < -0.3 is 11.2 Å². The van der Waals surface area contributed by atoms with E-state index in [9.17, 15) is 0 Å². The van der Waals surface area contributed by atoms with Gasteiger partial charge in [-0.3, -0.25) is 0 Å². The third-order valence-corrected chi connectivity index (χ3v) is 0.996. The Hall–Kier alpha value is -1.54. The number of rotatable bonds is 1. The Balaban J connectivity index is 2.74. The van der Waals surface area contributed by atoms with Crippen LogP contribution in [0.2, 0.25) is 0 Å². The number of allylic oxidation sites excluding steroid dienone is 1. The van der Waals surface area contributed by atoms with Crippen molar-refractivity contribution < 1.29 is 0 Å². The van der Waals surface area contributed by atoms with Crippen molar-refractivity contribution in [3.63, 3.8) is 0 Å². The van der Waals surface area contributed by atoms with E-state index in [1.54, 1.807) is 6.20 Å². The number of nitrogens with two attached hydrogens (primary N) is 1. The molecule has 0 aromatic carbocycles. The lowest BCUT2D eigenvalue weighted by atomic mass is 10.4. The average molecular weight is 136 g/mol. The van der Waals surface area contributed by atoms with Gasteiger partial charge in [0.15, 0.2) is 0 Å². The van der Waals surface area contributed by atoms with E-state index in [4.69, 9.17) is 5.84 Å². The van der Waals surface area contributed by atoms with Crippen LogP contribution < -0.4 is 11.2 Å². The van der Waals surface area contributed by atoms with Crippen LogP contribution in [-0.4, -0.2) is 18.6 Å². The molecule has 1 heterocycles. The standard InChI is InChI=1S/C6H8N4/c7-10-5-6-1-2-8-3-4-9-6/h1,3,5,8H,2,7H2/b10-5+. The fraction of sp³-hybridized carbons (Fsp3) is 0.167. The Labute approximate surface area is 58.8 Å². The van der Waals surface area contributed by atoms with Crippen LogP contribution in [0.4, 0.5) is 0 Å². The molecule has 0 saturated carbocycles. The summed E-state index contributed by atoms with van der Waals surface area (Å²) >= 11 is 0. The van der Waals surface area contributed by atoms with Gasteiger partial charge in [0.2, 0.25) is 0 Å². The molecule has 0 aromatic heterocycles. The van der Waals surface area contributed by atoms with Crippen LogP contribution in [-0.2, 0) is 0 Å². The normalized spacial score (nSPS) is 16.6. The maximum atomic E-state index is 4.92. The molecule has 1 aliphatic rings. The molecule has 0 bridgehead atoms. The highest BCUT2D eigenvalue weighted by molar-refractivity contribution is 5.80. The number of nitrogens with one attached hydrogen (secondary N) is 1. The molecular formula is C6H8N4. The molecule has 0 aliphatic carbocycles. The van der Waals surface area contributed by atoms with Gasteiger partial charge in [0, 0.05) is 12.4 Å². The van der Waals surface area contributed by atoms with E-state index in [0.717, 1.165) is 12.2 Å². The highest BCUT2D eigenvalue weighted by Crippen LogP contribution is 1.90. The second kappa shape index (κ2) is 3.48. The first-order chi connectivity index (χ1) is 4.93. The Morgan fingerprint density at radius 3 is 3.60 bits per heavy atom. The van der Waals surface area contributed by atoms with E-state index in [0.29, 0.717) is 0 Å². The predicted octanol–water partition coefficient (Wildman–Crippen LogP) is -0.399. The van der Waals surface area contributed by atoms with Crippen LogP contribution in [0, 0.1) is 0 Å². The third kappa shape index (κ3) is 1.76. The molecule has 0 amide bonds. The Morgan fingerprint density at radius 2 is 2.80 bits per heavy atom. The number of hydrogen-bond donors (Lipinski definition) is 2. The molecule has 0 spiro atoms. The largest absolute Gasteiger partial charge is 0.380 e. The molecule has 4 nitrogen and oxygen atoms in total. The summed E-state index contributed by atoms with van der Waals surface area (Å²) in [6, 6.07) is 0. The first-order valence-electron chi connectivity index (χ1n) is 2.88. The van der Waals surface area contributed by atoms with E-state index in [1.807, 2.05) is 6.08 Å². The highest BCUT2D eigenvalue weighted by Gasteiger charge is 1.88. The summed E-state index contributed by atoms with van der Waals surface area (Å²) in [5, 5.41) is 6.26. The predicted molar refractivity (Wildman–Crippen MR) is 40.8 cm³/mol. The summed E-state index contributed by atoms with van der Waals surface area (Å²) in [7, 11) is 0. The van der Waals surface area contributed by atoms with Crippen LogP contribution in [0.15, 0.2) is 28.1 Å². The molecular weight excluding hydrogens is 128 g/mol. The molecule has 10 heavy (non-hydrogen) atoms. The Bertz CT molecular complexity index is 220. The highest BCUT2D eigenvalue weighted by atomic mass is 15.1. The fourth-order valence-corrected chi connectivity index (χ4v) is 0.578. The quantitative estimate of drug-likeness (QED) is 0.293. The molecule has 1 aliphatic heterocycles.